The van der Waals surface area contributed by atoms with Gasteiger partial charge in [0.15, 0.2) is 0 Å². The third-order valence-corrected chi connectivity index (χ3v) is 4.14. The van der Waals surface area contributed by atoms with Crippen molar-refractivity contribution < 1.29 is 19.1 Å². The van der Waals surface area contributed by atoms with Crippen LogP contribution in [-0.4, -0.2) is 24.1 Å². The molecule has 1 saturated carbocycles. The van der Waals surface area contributed by atoms with Gasteiger partial charge in [-0.2, -0.15) is 0 Å². The van der Waals surface area contributed by atoms with E-state index in [1.807, 2.05) is 0 Å². The Balaban J connectivity index is 2.49. The number of rotatable bonds is 4. The van der Waals surface area contributed by atoms with Gasteiger partial charge < -0.3 is 9.47 Å². The van der Waals surface area contributed by atoms with E-state index in [0.29, 0.717) is 12.8 Å². The molecule has 4 heteroatoms. The number of ether oxygens (including phenoxy) is 2. The largest absolute Gasteiger partial charge is 0.462 e. The summed E-state index contributed by atoms with van der Waals surface area (Å²) in [4.78, 5) is 25.6. The van der Waals surface area contributed by atoms with Gasteiger partial charge in [-0.05, 0) is 40.5 Å². The fraction of sp³-hybridized carbons (Fsp3) is 0.556. The van der Waals surface area contributed by atoms with Crippen molar-refractivity contribution in [3.8, 4) is 0 Å². The Morgan fingerprint density at radius 3 is 1.64 bits per heavy atom. The van der Waals surface area contributed by atoms with Gasteiger partial charge in [0, 0.05) is 0 Å². The first-order valence-corrected chi connectivity index (χ1v) is 7.69. The first kappa shape index (κ1) is 16.5. The Kier molecular flexibility index (Phi) is 4.32. The minimum absolute atomic E-state index is 0.242. The van der Waals surface area contributed by atoms with Gasteiger partial charge in [-0.15, -0.1) is 0 Å². The number of fused-ring (bicyclic) bond motifs is 1. The Morgan fingerprint density at radius 1 is 0.955 bits per heavy atom. The average Bonchev–Trinajstić information content (AvgIpc) is 2.71. The fourth-order valence-electron chi connectivity index (χ4n) is 3.30. The molecular weight excluding hydrogens is 280 g/mol. The second-order valence-electron chi connectivity index (χ2n) is 6.67. The molecule has 0 bridgehead atoms. The molecule has 0 aromatic rings. The lowest BCUT2D eigenvalue weighted by atomic mass is 9.63. The normalized spacial score (nSPS) is 29.8. The van der Waals surface area contributed by atoms with Gasteiger partial charge >= 0.3 is 11.9 Å². The monoisotopic (exact) mass is 304 g/mol. The van der Waals surface area contributed by atoms with Gasteiger partial charge in [-0.25, -0.2) is 0 Å². The third kappa shape index (κ3) is 2.51. The highest BCUT2D eigenvalue weighted by Crippen LogP contribution is 2.59. The molecule has 120 valence electrons. The minimum atomic E-state index is -1.05. The van der Waals surface area contributed by atoms with Crippen molar-refractivity contribution in [3.63, 3.8) is 0 Å². The predicted octanol–water partition coefficient (Wildman–Crippen LogP) is 3.34. The number of allylic oxidation sites excluding steroid dienone is 3. The molecule has 4 nitrogen and oxygen atoms in total. The van der Waals surface area contributed by atoms with E-state index >= 15 is 0 Å². The van der Waals surface area contributed by atoms with Crippen molar-refractivity contribution in [2.45, 2.75) is 52.7 Å². The topological polar surface area (TPSA) is 52.6 Å². The first-order valence-electron chi connectivity index (χ1n) is 7.69. The molecule has 2 aliphatic carbocycles. The highest BCUT2D eigenvalue weighted by molar-refractivity contribution is 5.94. The zero-order valence-electron chi connectivity index (χ0n) is 13.7. The zero-order chi connectivity index (χ0) is 16.5. The lowest BCUT2D eigenvalue weighted by Gasteiger charge is -2.40. The minimum Gasteiger partial charge on any atom is -0.462 e. The van der Waals surface area contributed by atoms with Crippen LogP contribution in [0.25, 0.3) is 0 Å². The van der Waals surface area contributed by atoms with Gasteiger partial charge in [0.1, 0.15) is 10.8 Å². The maximum Gasteiger partial charge on any atom is 0.318 e. The van der Waals surface area contributed by atoms with E-state index in [2.05, 4.69) is 6.58 Å². The number of hydrogen-bond donors (Lipinski definition) is 0. The van der Waals surface area contributed by atoms with Crippen molar-refractivity contribution in [1.82, 2.24) is 0 Å². The maximum atomic E-state index is 12.8. The number of hydrogen-bond acceptors (Lipinski definition) is 4. The van der Waals surface area contributed by atoms with Crippen LogP contribution in [0.1, 0.15) is 40.5 Å². The SMILES string of the molecule is C=C1C[C@]2(C(=O)OC(C)C)C=CC=C[C@]2(C(=O)OC(C)C)C1. The molecule has 0 amide bonds. The summed E-state index contributed by atoms with van der Waals surface area (Å²) in [7, 11) is 0. The zero-order valence-corrected chi connectivity index (χ0v) is 13.7. The van der Waals surface area contributed by atoms with E-state index in [1.54, 1.807) is 52.0 Å². The molecule has 1 fully saturated rings. The van der Waals surface area contributed by atoms with Crippen LogP contribution in [0.3, 0.4) is 0 Å². The molecule has 2 atom stereocenters. The van der Waals surface area contributed by atoms with Gasteiger partial charge in [-0.1, -0.05) is 36.5 Å². The third-order valence-electron chi connectivity index (χ3n) is 4.14. The Hall–Kier alpha value is -1.84. The molecule has 0 radical (unpaired) electrons. The first-order chi connectivity index (χ1) is 10.2. The van der Waals surface area contributed by atoms with E-state index in [-0.39, 0.29) is 24.1 Å². The molecule has 0 spiro atoms. The second kappa shape index (κ2) is 5.75. The van der Waals surface area contributed by atoms with Crippen molar-refractivity contribution in [2.75, 3.05) is 0 Å². The van der Waals surface area contributed by atoms with Gasteiger partial charge in [0.25, 0.3) is 0 Å². The van der Waals surface area contributed by atoms with Gasteiger partial charge in [0.2, 0.25) is 0 Å². The lowest BCUT2D eigenvalue weighted by Crippen LogP contribution is -2.50. The molecule has 0 aromatic carbocycles. The van der Waals surface area contributed by atoms with Crippen molar-refractivity contribution in [1.29, 1.82) is 0 Å². The van der Waals surface area contributed by atoms with Gasteiger partial charge in [0.05, 0.1) is 12.2 Å². The van der Waals surface area contributed by atoms with Crippen molar-refractivity contribution in [2.24, 2.45) is 10.8 Å². The van der Waals surface area contributed by atoms with Crippen LogP contribution in [0.15, 0.2) is 36.5 Å². The van der Waals surface area contributed by atoms with Crippen LogP contribution in [0.5, 0.6) is 0 Å². The Bertz CT molecular complexity index is 507. The molecule has 2 aliphatic rings. The molecule has 0 N–H and O–H groups in total. The molecule has 0 heterocycles. The highest BCUT2D eigenvalue weighted by Gasteiger charge is 2.64. The van der Waals surface area contributed by atoms with Crippen LogP contribution in [0.4, 0.5) is 0 Å². The van der Waals surface area contributed by atoms with E-state index < -0.39 is 10.8 Å². The van der Waals surface area contributed by atoms with Crippen LogP contribution in [0, 0.1) is 10.8 Å². The van der Waals surface area contributed by atoms with Crippen molar-refractivity contribution >= 4 is 11.9 Å². The Labute approximate surface area is 131 Å². The molecule has 0 aromatic heterocycles. The summed E-state index contributed by atoms with van der Waals surface area (Å²) in [6, 6.07) is 0. The molecule has 0 unspecified atom stereocenters. The van der Waals surface area contributed by atoms with Crippen molar-refractivity contribution in [3.05, 3.63) is 36.5 Å². The summed E-state index contributed by atoms with van der Waals surface area (Å²) in [5.74, 6) is -0.773. The summed E-state index contributed by atoms with van der Waals surface area (Å²) >= 11 is 0. The van der Waals surface area contributed by atoms with Gasteiger partial charge in [-0.3, -0.25) is 9.59 Å². The summed E-state index contributed by atoms with van der Waals surface area (Å²) < 4.78 is 10.9. The summed E-state index contributed by atoms with van der Waals surface area (Å²) in [5, 5.41) is 0. The standard InChI is InChI=1S/C18H24O4/c1-12(2)21-15(19)17-8-6-7-9-18(17,11-14(5)10-17)16(20)22-13(3)4/h6-9,12-13H,5,10-11H2,1-4H3/t17-,18+. The Morgan fingerprint density at radius 2 is 1.32 bits per heavy atom. The smallest absolute Gasteiger partial charge is 0.318 e. The predicted molar refractivity (Wildman–Crippen MR) is 84.0 cm³/mol. The number of carbonyl (C=O) groups is 2. The molecular formula is C18H24O4. The number of esters is 2. The molecule has 2 rings (SSSR count). The van der Waals surface area contributed by atoms with E-state index in [1.165, 1.54) is 0 Å². The molecule has 0 saturated heterocycles. The lowest BCUT2D eigenvalue weighted by molar-refractivity contribution is -0.174. The second-order valence-corrected chi connectivity index (χ2v) is 6.67. The van der Waals surface area contributed by atoms with E-state index in [9.17, 15) is 9.59 Å². The maximum absolute atomic E-state index is 12.8. The average molecular weight is 304 g/mol. The molecule has 22 heavy (non-hydrogen) atoms. The highest BCUT2D eigenvalue weighted by atomic mass is 16.6. The van der Waals surface area contributed by atoms with Crippen LogP contribution < -0.4 is 0 Å². The van der Waals surface area contributed by atoms with Crippen LogP contribution >= 0.6 is 0 Å². The quantitative estimate of drug-likeness (QED) is 0.590. The number of carbonyl (C=O) groups excluding carboxylic acids is 2. The van der Waals surface area contributed by atoms with Crippen LogP contribution in [0.2, 0.25) is 0 Å². The summed E-state index contributed by atoms with van der Waals surface area (Å²) in [5.41, 5.74) is -1.23. The summed E-state index contributed by atoms with van der Waals surface area (Å²) in [6.07, 6.45) is 7.47. The van der Waals surface area contributed by atoms with Crippen LogP contribution in [-0.2, 0) is 19.1 Å². The molecule has 0 aliphatic heterocycles. The van der Waals surface area contributed by atoms with E-state index in [4.69, 9.17) is 9.47 Å². The summed E-state index contributed by atoms with van der Waals surface area (Å²) in [6.45, 7) is 11.2. The van der Waals surface area contributed by atoms with E-state index in [0.717, 1.165) is 5.57 Å². The fourth-order valence-corrected chi connectivity index (χ4v) is 3.30.